The number of anilines is 2. The van der Waals surface area contributed by atoms with Crippen LogP contribution in [0.5, 0.6) is 0 Å². The topological polar surface area (TPSA) is 66.0 Å². The zero-order chi connectivity index (χ0) is 19.9. The number of halogens is 2. The van der Waals surface area contributed by atoms with Crippen molar-refractivity contribution in [2.75, 3.05) is 37.8 Å². The number of nitrogens with one attached hydrogen (secondary N) is 2. The molecule has 0 saturated heterocycles. The van der Waals surface area contributed by atoms with Crippen molar-refractivity contribution in [2.24, 2.45) is 0 Å². The first-order valence-electron chi connectivity index (χ1n) is 8.87. The van der Waals surface area contributed by atoms with E-state index in [1.54, 1.807) is 18.5 Å². The van der Waals surface area contributed by atoms with Crippen molar-refractivity contribution < 1.29 is 8.78 Å². The van der Waals surface area contributed by atoms with E-state index < -0.39 is 11.6 Å². The maximum absolute atomic E-state index is 13.4. The Kier molecular flexibility index (Phi) is 6.44. The zero-order valence-electron chi connectivity index (χ0n) is 15.8. The molecule has 0 radical (unpaired) electrons. The Bertz CT molecular complexity index is 918. The molecule has 0 spiro atoms. The standard InChI is InChI=1S/C20H22F2N6/c1-28(2)9-8-24-20-26-18(15-4-3-7-23-13-15)11-19(27-20)25-12-14-5-6-16(21)17(22)10-14/h3-7,10-11,13H,8-9,12H2,1-2H3,(H2,24,25,26,27). The Labute approximate surface area is 162 Å². The summed E-state index contributed by atoms with van der Waals surface area (Å²) in [6.45, 7) is 1.82. The number of pyridine rings is 1. The van der Waals surface area contributed by atoms with E-state index in [2.05, 4.69) is 30.5 Å². The predicted octanol–water partition coefficient (Wildman–Crippen LogP) is 3.40. The monoisotopic (exact) mass is 384 g/mol. The lowest BCUT2D eigenvalue weighted by Gasteiger charge is -2.13. The van der Waals surface area contributed by atoms with Gasteiger partial charge in [0.1, 0.15) is 5.82 Å². The number of nitrogens with zero attached hydrogens (tertiary/aromatic N) is 4. The summed E-state index contributed by atoms with van der Waals surface area (Å²) < 4.78 is 26.5. The summed E-state index contributed by atoms with van der Waals surface area (Å²) in [7, 11) is 3.98. The van der Waals surface area contributed by atoms with Crippen molar-refractivity contribution in [3.63, 3.8) is 0 Å². The van der Waals surface area contributed by atoms with Crippen molar-refractivity contribution in [1.29, 1.82) is 0 Å². The molecule has 0 unspecified atom stereocenters. The van der Waals surface area contributed by atoms with Gasteiger partial charge in [0.05, 0.1) is 5.69 Å². The molecular formula is C20H22F2N6. The summed E-state index contributed by atoms with van der Waals surface area (Å²) in [5.74, 6) is -0.678. The van der Waals surface area contributed by atoms with Gasteiger partial charge in [0.25, 0.3) is 0 Å². The van der Waals surface area contributed by atoms with Crippen LogP contribution in [0.2, 0.25) is 0 Å². The van der Waals surface area contributed by atoms with Crippen molar-refractivity contribution in [1.82, 2.24) is 19.9 Å². The molecule has 0 saturated carbocycles. The summed E-state index contributed by atoms with van der Waals surface area (Å²) in [6.07, 6.45) is 3.42. The highest BCUT2D eigenvalue weighted by atomic mass is 19.2. The molecule has 0 amide bonds. The second-order valence-corrected chi connectivity index (χ2v) is 6.54. The fourth-order valence-corrected chi connectivity index (χ4v) is 2.51. The maximum atomic E-state index is 13.4. The summed E-state index contributed by atoms with van der Waals surface area (Å²) >= 11 is 0. The molecule has 1 aromatic carbocycles. The van der Waals surface area contributed by atoms with Crippen LogP contribution in [-0.2, 0) is 6.54 Å². The van der Waals surface area contributed by atoms with E-state index >= 15 is 0 Å². The highest BCUT2D eigenvalue weighted by Gasteiger charge is 2.08. The van der Waals surface area contributed by atoms with E-state index in [-0.39, 0.29) is 0 Å². The molecule has 2 heterocycles. The lowest BCUT2D eigenvalue weighted by atomic mass is 10.2. The predicted molar refractivity (Wildman–Crippen MR) is 106 cm³/mol. The van der Waals surface area contributed by atoms with Gasteiger partial charge in [0.15, 0.2) is 11.6 Å². The van der Waals surface area contributed by atoms with Crippen LogP contribution < -0.4 is 10.6 Å². The van der Waals surface area contributed by atoms with Crippen molar-refractivity contribution in [2.45, 2.75) is 6.54 Å². The summed E-state index contributed by atoms with van der Waals surface area (Å²) in [5.41, 5.74) is 2.18. The minimum absolute atomic E-state index is 0.303. The highest BCUT2D eigenvalue weighted by molar-refractivity contribution is 5.63. The minimum atomic E-state index is -0.871. The molecule has 3 rings (SSSR count). The average Bonchev–Trinajstić information content (AvgIpc) is 2.69. The largest absolute Gasteiger partial charge is 0.366 e. The molecule has 0 aliphatic rings. The lowest BCUT2D eigenvalue weighted by molar-refractivity contribution is 0.425. The van der Waals surface area contributed by atoms with Gasteiger partial charge >= 0.3 is 0 Å². The van der Waals surface area contributed by atoms with Gasteiger partial charge in [0.2, 0.25) is 5.95 Å². The van der Waals surface area contributed by atoms with Crippen LogP contribution in [0.15, 0.2) is 48.8 Å². The molecule has 28 heavy (non-hydrogen) atoms. The van der Waals surface area contributed by atoms with Crippen LogP contribution in [0.4, 0.5) is 20.5 Å². The molecule has 0 aliphatic carbocycles. The molecule has 8 heteroatoms. The number of likely N-dealkylation sites (N-methyl/N-ethyl adjacent to an activating group) is 1. The third-order valence-electron chi connectivity index (χ3n) is 3.98. The van der Waals surface area contributed by atoms with Gasteiger partial charge in [-0.3, -0.25) is 4.98 Å². The Balaban J connectivity index is 1.80. The minimum Gasteiger partial charge on any atom is -0.366 e. The molecular weight excluding hydrogens is 362 g/mol. The van der Waals surface area contributed by atoms with Gasteiger partial charge < -0.3 is 15.5 Å². The zero-order valence-corrected chi connectivity index (χ0v) is 15.8. The molecule has 146 valence electrons. The molecule has 6 nitrogen and oxygen atoms in total. The number of benzene rings is 1. The van der Waals surface area contributed by atoms with Gasteiger partial charge in [-0.2, -0.15) is 4.98 Å². The van der Waals surface area contributed by atoms with Crippen LogP contribution in [0.3, 0.4) is 0 Å². The maximum Gasteiger partial charge on any atom is 0.225 e. The summed E-state index contributed by atoms with van der Waals surface area (Å²) in [6, 6.07) is 9.37. The second-order valence-electron chi connectivity index (χ2n) is 6.54. The Morgan fingerprint density at radius 1 is 1.00 bits per heavy atom. The third-order valence-corrected chi connectivity index (χ3v) is 3.98. The highest BCUT2D eigenvalue weighted by Crippen LogP contribution is 2.21. The fourth-order valence-electron chi connectivity index (χ4n) is 2.51. The molecule has 0 aliphatic heterocycles. The first kappa shape index (κ1) is 19.6. The molecule has 0 fully saturated rings. The van der Waals surface area contributed by atoms with Crippen molar-refractivity contribution in [3.8, 4) is 11.3 Å². The van der Waals surface area contributed by atoms with Crippen LogP contribution in [0, 0.1) is 11.6 Å². The molecule has 3 aromatic rings. The SMILES string of the molecule is CN(C)CCNc1nc(NCc2ccc(F)c(F)c2)cc(-c2cccnc2)n1. The number of hydrogen-bond donors (Lipinski definition) is 2. The van der Waals surface area contributed by atoms with Gasteiger partial charge in [0, 0.05) is 43.7 Å². The molecule has 2 aromatic heterocycles. The van der Waals surface area contributed by atoms with E-state index in [0.717, 1.165) is 18.2 Å². The van der Waals surface area contributed by atoms with Crippen LogP contribution in [0.1, 0.15) is 5.56 Å². The molecule has 0 atom stereocenters. The van der Waals surface area contributed by atoms with E-state index in [0.29, 0.717) is 36.1 Å². The molecule has 2 N–H and O–H groups in total. The van der Waals surface area contributed by atoms with E-state index in [4.69, 9.17) is 0 Å². The van der Waals surface area contributed by atoms with Crippen LogP contribution >= 0.6 is 0 Å². The smallest absolute Gasteiger partial charge is 0.225 e. The quantitative estimate of drug-likeness (QED) is 0.621. The van der Waals surface area contributed by atoms with Crippen LogP contribution in [0.25, 0.3) is 11.3 Å². The number of rotatable bonds is 8. The van der Waals surface area contributed by atoms with Crippen molar-refractivity contribution in [3.05, 3.63) is 66.0 Å². The first-order chi connectivity index (χ1) is 13.5. The second kappa shape index (κ2) is 9.18. The number of aromatic nitrogens is 3. The van der Waals surface area contributed by atoms with E-state index in [9.17, 15) is 8.78 Å². The van der Waals surface area contributed by atoms with E-state index in [1.807, 2.05) is 26.2 Å². The van der Waals surface area contributed by atoms with Gasteiger partial charge in [-0.25, -0.2) is 13.8 Å². The normalized spacial score (nSPS) is 10.9. The summed E-state index contributed by atoms with van der Waals surface area (Å²) in [5, 5.41) is 6.35. The van der Waals surface area contributed by atoms with Gasteiger partial charge in [-0.1, -0.05) is 6.07 Å². The fraction of sp³-hybridized carbons (Fsp3) is 0.250. The first-order valence-corrected chi connectivity index (χ1v) is 8.87. The Morgan fingerprint density at radius 3 is 2.57 bits per heavy atom. The average molecular weight is 384 g/mol. The lowest BCUT2D eigenvalue weighted by Crippen LogP contribution is -2.21. The molecule has 0 bridgehead atoms. The van der Waals surface area contributed by atoms with Crippen molar-refractivity contribution >= 4 is 11.8 Å². The van der Waals surface area contributed by atoms with Gasteiger partial charge in [-0.15, -0.1) is 0 Å². The van der Waals surface area contributed by atoms with E-state index in [1.165, 1.54) is 12.1 Å². The van der Waals surface area contributed by atoms with Gasteiger partial charge in [-0.05, 0) is 43.9 Å². The Hall–Kier alpha value is -3.13. The Morgan fingerprint density at radius 2 is 1.86 bits per heavy atom. The summed E-state index contributed by atoms with van der Waals surface area (Å²) in [4.78, 5) is 15.2. The third kappa shape index (κ3) is 5.43. The number of hydrogen-bond acceptors (Lipinski definition) is 6. The van der Waals surface area contributed by atoms with Crippen LogP contribution in [-0.4, -0.2) is 47.0 Å².